The molecule has 19 heavy (non-hydrogen) atoms. The van der Waals surface area contributed by atoms with Gasteiger partial charge in [0, 0.05) is 42.4 Å². The first-order valence-electron chi connectivity index (χ1n) is 6.18. The molecule has 4 nitrogen and oxygen atoms in total. The van der Waals surface area contributed by atoms with Crippen LogP contribution in [0.15, 0.2) is 11.4 Å². The zero-order valence-corrected chi connectivity index (χ0v) is 12.2. The van der Waals surface area contributed by atoms with E-state index in [0.717, 1.165) is 12.1 Å². The van der Waals surface area contributed by atoms with Crippen LogP contribution in [0.1, 0.15) is 16.9 Å². The molecule has 0 radical (unpaired) electrons. The van der Waals surface area contributed by atoms with Gasteiger partial charge in [-0.15, -0.1) is 11.3 Å². The van der Waals surface area contributed by atoms with Crippen LogP contribution in [0, 0.1) is 11.8 Å². The highest BCUT2D eigenvalue weighted by atomic mass is 32.1. The first-order valence-corrected chi connectivity index (χ1v) is 7.06. The van der Waals surface area contributed by atoms with Crippen LogP contribution in [-0.2, 0) is 11.3 Å². The van der Waals surface area contributed by atoms with E-state index in [1.807, 2.05) is 18.5 Å². The molecule has 1 atom stereocenters. The van der Waals surface area contributed by atoms with Crippen molar-refractivity contribution in [2.45, 2.75) is 19.1 Å². The summed E-state index contributed by atoms with van der Waals surface area (Å²) >= 11 is 1.66. The lowest BCUT2D eigenvalue weighted by Crippen LogP contribution is -2.31. The lowest BCUT2D eigenvalue weighted by Gasteiger charge is -2.19. The van der Waals surface area contributed by atoms with Crippen molar-refractivity contribution in [3.05, 3.63) is 21.9 Å². The molecule has 0 bridgehead atoms. The summed E-state index contributed by atoms with van der Waals surface area (Å²) in [5.74, 6) is 5.92. The number of aliphatic hydroxyl groups excluding tert-OH is 2. The van der Waals surface area contributed by atoms with Gasteiger partial charge in [-0.2, -0.15) is 0 Å². The summed E-state index contributed by atoms with van der Waals surface area (Å²) in [7, 11) is 3.55. The van der Waals surface area contributed by atoms with Gasteiger partial charge in [-0.1, -0.05) is 11.8 Å². The molecule has 0 amide bonds. The van der Waals surface area contributed by atoms with Crippen LogP contribution in [0.2, 0.25) is 0 Å². The molecule has 0 aliphatic heterocycles. The van der Waals surface area contributed by atoms with E-state index >= 15 is 0 Å². The van der Waals surface area contributed by atoms with Crippen LogP contribution in [0.5, 0.6) is 0 Å². The zero-order chi connectivity index (χ0) is 14.1. The number of thiophene rings is 1. The molecule has 0 aliphatic rings. The van der Waals surface area contributed by atoms with Crippen LogP contribution in [0.4, 0.5) is 0 Å². The average Bonchev–Trinajstić information content (AvgIpc) is 2.77. The van der Waals surface area contributed by atoms with Crippen molar-refractivity contribution in [3.63, 3.8) is 0 Å². The Morgan fingerprint density at radius 3 is 3.00 bits per heavy atom. The van der Waals surface area contributed by atoms with Gasteiger partial charge in [0.05, 0.1) is 19.3 Å². The maximum absolute atomic E-state index is 9.64. The number of likely N-dealkylation sites (N-methyl/N-ethyl adjacent to an activating group) is 1. The second-order valence-corrected chi connectivity index (χ2v) is 5.38. The van der Waals surface area contributed by atoms with Crippen LogP contribution in [-0.4, -0.2) is 55.1 Å². The highest BCUT2D eigenvalue weighted by molar-refractivity contribution is 7.10. The van der Waals surface area contributed by atoms with Gasteiger partial charge in [-0.25, -0.2) is 0 Å². The second kappa shape index (κ2) is 9.08. The molecular weight excluding hydrogens is 262 g/mol. The molecule has 1 unspecified atom stereocenters. The Morgan fingerprint density at radius 1 is 1.53 bits per heavy atom. The molecule has 5 heteroatoms. The average molecular weight is 283 g/mol. The minimum Gasteiger partial charge on any atom is -0.395 e. The summed E-state index contributed by atoms with van der Waals surface area (Å²) in [6.07, 6.45) is 0.0488. The zero-order valence-electron chi connectivity index (χ0n) is 11.4. The van der Waals surface area contributed by atoms with E-state index in [2.05, 4.69) is 16.7 Å². The molecular formula is C14H21NO3S. The van der Waals surface area contributed by atoms with E-state index in [1.54, 1.807) is 18.4 Å². The first-order chi connectivity index (χ1) is 9.15. The lowest BCUT2D eigenvalue weighted by molar-refractivity contribution is 0.0420. The summed E-state index contributed by atoms with van der Waals surface area (Å²) < 4.78 is 4.90. The van der Waals surface area contributed by atoms with Gasteiger partial charge in [0.2, 0.25) is 0 Å². The van der Waals surface area contributed by atoms with Crippen LogP contribution < -0.4 is 0 Å². The monoisotopic (exact) mass is 283 g/mol. The number of rotatable bonds is 7. The van der Waals surface area contributed by atoms with Crippen molar-refractivity contribution in [1.82, 2.24) is 4.90 Å². The van der Waals surface area contributed by atoms with E-state index in [0.29, 0.717) is 19.6 Å². The van der Waals surface area contributed by atoms with Crippen molar-refractivity contribution in [2.75, 3.05) is 33.9 Å². The van der Waals surface area contributed by atoms with Crippen LogP contribution >= 0.6 is 11.3 Å². The smallest absolute Gasteiger partial charge is 0.0900 e. The number of ether oxygens (including phenoxy) is 1. The van der Waals surface area contributed by atoms with E-state index < -0.39 is 6.10 Å². The van der Waals surface area contributed by atoms with Gasteiger partial charge in [-0.3, -0.25) is 4.90 Å². The fourth-order valence-corrected chi connectivity index (χ4v) is 2.58. The summed E-state index contributed by atoms with van der Waals surface area (Å²) in [5, 5.41) is 20.3. The van der Waals surface area contributed by atoms with Crippen molar-refractivity contribution >= 4 is 11.3 Å². The predicted octanol–water partition coefficient (Wildman–Crippen LogP) is 0.921. The molecule has 1 aromatic heterocycles. The molecule has 1 aromatic rings. The largest absolute Gasteiger partial charge is 0.395 e. The van der Waals surface area contributed by atoms with Crippen molar-refractivity contribution < 1.29 is 14.9 Å². The standard InChI is InChI=1S/C14H21NO3S/c1-15(8-13(17)10-18-2)9-14-7-12(11-19-14)5-3-4-6-16/h7,11,13,16-17H,4,6,8-10H2,1-2H3. The van der Waals surface area contributed by atoms with Crippen LogP contribution in [0.3, 0.4) is 0 Å². The molecule has 0 spiro atoms. The Bertz CT molecular complexity index is 422. The quantitative estimate of drug-likeness (QED) is 0.731. The van der Waals surface area contributed by atoms with E-state index in [4.69, 9.17) is 9.84 Å². The Morgan fingerprint density at radius 2 is 2.32 bits per heavy atom. The molecule has 0 fully saturated rings. The highest BCUT2D eigenvalue weighted by Crippen LogP contribution is 2.15. The maximum atomic E-state index is 9.64. The van der Waals surface area contributed by atoms with E-state index in [1.165, 1.54) is 4.88 Å². The lowest BCUT2D eigenvalue weighted by atomic mass is 10.3. The summed E-state index contributed by atoms with van der Waals surface area (Å²) in [6.45, 7) is 1.82. The van der Waals surface area contributed by atoms with E-state index in [9.17, 15) is 5.11 Å². The number of hydrogen-bond donors (Lipinski definition) is 2. The summed E-state index contributed by atoms with van der Waals surface area (Å²) in [6, 6.07) is 2.05. The Hall–Kier alpha value is -0.900. The molecule has 0 aliphatic carbocycles. The first kappa shape index (κ1) is 16.2. The molecule has 0 saturated carbocycles. The van der Waals surface area contributed by atoms with Crippen LogP contribution in [0.25, 0.3) is 0 Å². The second-order valence-electron chi connectivity index (χ2n) is 4.38. The third-order valence-corrected chi connectivity index (χ3v) is 3.35. The van der Waals surface area contributed by atoms with Crippen molar-refractivity contribution in [2.24, 2.45) is 0 Å². The van der Waals surface area contributed by atoms with Gasteiger partial charge < -0.3 is 14.9 Å². The Balaban J connectivity index is 2.43. The minimum absolute atomic E-state index is 0.101. The number of nitrogens with zero attached hydrogens (tertiary/aromatic N) is 1. The molecule has 1 rings (SSSR count). The van der Waals surface area contributed by atoms with E-state index in [-0.39, 0.29) is 6.61 Å². The Kier molecular flexibility index (Phi) is 7.72. The predicted molar refractivity (Wildman–Crippen MR) is 77.1 cm³/mol. The minimum atomic E-state index is -0.459. The van der Waals surface area contributed by atoms with Gasteiger partial charge in [0.25, 0.3) is 0 Å². The van der Waals surface area contributed by atoms with Gasteiger partial charge in [-0.05, 0) is 13.1 Å². The number of methoxy groups -OCH3 is 1. The topological polar surface area (TPSA) is 52.9 Å². The summed E-state index contributed by atoms with van der Waals surface area (Å²) in [4.78, 5) is 3.26. The maximum Gasteiger partial charge on any atom is 0.0900 e. The molecule has 0 aromatic carbocycles. The number of aliphatic hydroxyl groups is 2. The van der Waals surface area contributed by atoms with Gasteiger partial charge in [0.1, 0.15) is 0 Å². The normalized spacial score (nSPS) is 12.3. The molecule has 0 saturated heterocycles. The Labute approximate surface area is 118 Å². The summed E-state index contributed by atoms with van der Waals surface area (Å²) in [5.41, 5.74) is 0.985. The number of hydrogen-bond acceptors (Lipinski definition) is 5. The third kappa shape index (κ3) is 6.71. The molecule has 1 heterocycles. The van der Waals surface area contributed by atoms with Gasteiger partial charge >= 0.3 is 0 Å². The highest BCUT2D eigenvalue weighted by Gasteiger charge is 2.09. The molecule has 2 N–H and O–H groups in total. The molecule has 106 valence electrons. The third-order valence-electron chi connectivity index (χ3n) is 2.43. The fourth-order valence-electron chi connectivity index (χ4n) is 1.69. The SMILES string of the molecule is COCC(O)CN(C)Cc1cc(C#CCCO)cs1. The van der Waals surface area contributed by atoms with Crippen molar-refractivity contribution in [3.8, 4) is 11.8 Å². The fraction of sp³-hybridized carbons (Fsp3) is 0.571. The van der Waals surface area contributed by atoms with Gasteiger partial charge in [0.15, 0.2) is 0 Å². The van der Waals surface area contributed by atoms with Crippen molar-refractivity contribution in [1.29, 1.82) is 0 Å².